The highest BCUT2D eigenvalue weighted by Crippen LogP contribution is 2.51. The number of hydrogen-bond donors (Lipinski definition) is 1. The molecule has 6 rings (SSSR count). The lowest BCUT2D eigenvalue weighted by Crippen LogP contribution is -2.31. The minimum Gasteiger partial charge on any atom is -0.478 e. The minimum absolute atomic E-state index is 0.197. The lowest BCUT2D eigenvalue weighted by molar-refractivity contribution is -0.504. The number of fused-ring (bicyclic) bond motifs is 2. The molecule has 0 atom stereocenters. The average Bonchev–Trinajstić information content (AvgIpc) is 3.59. The van der Waals surface area contributed by atoms with E-state index in [1.807, 2.05) is 18.2 Å². The summed E-state index contributed by atoms with van der Waals surface area (Å²) in [5.74, 6) is -0.886. The van der Waals surface area contributed by atoms with Crippen molar-refractivity contribution in [1.29, 1.82) is 0 Å². The van der Waals surface area contributed by atoms with E-state index in [2.05, 4.69) is 59.8 Å². The Kier molecular flexibility index (Phi) is 5.28. The zero-order valence-electron chi connectivity index (χ0n) is 20.7. The summed E-state index contributed by atoms with van der Waals surface area (Å²) in [6, 6.07) is 14.3. The number of carboxylic acids is 1. The first-order chi connectivity index (χ1) is 16.9. The zero-order valence-corrected chi connectivity index (χ0v) is 20.7. The van der Waals surface area contributed by atoms with Crippen molar-refractivity contribution in [3.05, 3.63) is 94.1 Å². The van der Waals surface area contributed by atoms with Crippen molar-refractivity contribution < 1.29 is 14.5 Å². The molecule has 1 N–H and O–H groups in total. The number of benzene rings is 2. The van der Waals surface area contributed by atoms with E-state index in [4.69, 9.17) is 0 Å². The molecular formula is C31H33N2O2+. The second-order valence-corrected chi connectivity index (χ2v) is 10.7. The fourth-order valence-electron chi connectivity index (χ4n) is 6.35. The summed E-state index contributed by atoms with van der Waals surface area (Å²) in [7, 11) is 0. The van der Waals surface area contributed by atoms with Gasteiger partial charge in [0.05, 0.1) is 5.56 Å². The summed E-state index contributed by atoms with van der Waals surface area (Å²) < 4.78 is 2.48. The first-order valence-corrected chi connectivity index (χ1v) is 12.9. The number of anilines is 1. The molecule has 4 heteroatoms. The van der Waals surface area contributed by atoms with Crippen LogP contribution in [0.25, 0.3) is 5.57 Å². The number of carbonyl (C=O) groups is 1. The van der Waals surface area contributed by atoms with Crippen molar-refractivity contribution in [2.24, 2.45) is 0 Å². The molecule has 0 radical (unpaired) electrons. The molecule has 0 spiro atoms. The van der Waals surface area contributed by atoms with Crippen LogP contribution < -0.4 is 4.90 Å². The Labute approximate surface area is 207 Å². The Morgan fingerprint density at radius 1 is 0.943 bits per heavy atom. The minimum atomic E-state index is -0.886. The van der Waals surface area contributed by atoms with Gasteiger partial charge in [-0.3, -0.25) is 0 Å². The van der Waals surface area contributed by atoms with Crippen LogP contribution in [0.15, 0.2) is 71.8 Å². The largest absolute Gasteiger partial charge is 0.478 e. The maximum absolute atomic E-state index is 12.2. The smallest absolute Gasteiger partial charge is 0.336 e. The molecule has 0 unspecified atom stereocenters. The summed E-state index contributed by atoms with van der Waals surface area (Å²) in [6.45, 7) is 9.07. The highest BCUT2D eigenvalue weighted by atomic mass is 16.4. The number of aromatic carboxylic acids is 1. The van der Waals surface area contributed by atoms with Gasteiger partial charge in [-0.05, 0) is 70.5 Å². The molecule has 4 nitrogen and oxygen atoms in total. The van der Waals surface area contributed by atoms with Gasteiger partial charge in [0.1, 0.15) is 13.1 Å². The third kappa shape index (κ3) is 3.58. The number of nitrogens with zero attached hydrogens (tertiary/aromatic N) is 2. The highest BCUT2D eigenvalue weighted by molar-refractivity contribution is 6.08. The predicted molar refractivity (Wildman–Crippen MR) is 142 cm³/mol. The zero-order chi connectivity index (χ0) is 24.2. The summed E-state index contributed by atoms with van der Waals surface area (Å²) in [6.07, 6.45) is 11.8. The number of rotatable bonds is 3. The molecule has 4 aliphatic rings. The van der Waals surface area contributed by atoms with Gasteiger partial charge in [0, 0.05) is 49.2 Å². The molecule has 0 aromatic heterocycles. The summed E-state index contributed by atoms with van der Waals surface area (Å²) in [5, 5.41) is 10.0. The fourth-order valence-corrected chi connectivity index (χ4v) is 6.35. The van der Waals surface area contributed by atoms with E-state index in [-0.39, 0.29) is 5.41 Å². The molecule has 2 aliphatic carbocycles. The van der Waals surface area contributed by atoms with Crippen LogP contribution in [0.2, 0.25) is 0 Å². The molecular weight excluding hydrogens is 432 g/mol. The van der Waals surface area contributed by atoms with Gasteiger partial charge in [0.2, 0.25) is 0 Å². The van der Waals surface area contributed by atoms with Gasteiger partial charge in [-0.1, -0.05) is 38.1 Å². The normalized spacial score (nSPS) is 20.7. The Balaban J connectivity index is 1.63. The SMILES string of the molecule is CC1(C)C2=CC(=[N+]3CCCC3)C=CC2=C(c2ccccc2C(=O)O)c2ccc(N3CCCC3)cc21. The number of hydrogen-bond acceptors (Lipinski definition) is 2. The van der Waals surface area contributed by atoms with Crippen LogP contribution in [-0.4, -0.2) is 47.5 Å². The molecule has 0 saturated carbocycles. The van der Waals surface area contributed by atoms with Crippen LogP contribution in [0.3, 0.4) is 0 Å². The van der Waals surface area contributed by atoms with E-state index in [9.17, 15) is 9.90 Å². The number of allylic oxidation sites excluding steroid dienone is 5. The average molecular weight is 466 g/mol. The molecule has 0 bridgehead atoms. The molecule has 35 heavy (non-hydrogen) atoms. The lowest BCUT2D eigenvalue weighted by Gasteiger charge is -2.39. The van der Waals surface area contributed by atoms with Gasteiger partial charge >= 0.3 is 5.97 Å². The van der Waals surface area contributed by atoms with Gasteiger partial charge in [-0.2, -0.15) is 0 Å². The van der Waals surface area contributed by atoms with Crippen molar-refractivity contribution in [3.8, 4) is 0 Å². The molecule has 178 valence electrons. The van der Waals surface area contributed by atoms with Gasteiger partial charge in [-0.25, -0.2) is 9.37 Å². The maximum atomic E-state index is 12.2. The van der Waals surface area contributed by atoms with E-state index < -0.39 is 5.97 Å². The maximum Gasteiger partial charge on any atom is 0.336 e. The Bertz CT molecular complexity index is 1340. The molecule has 2 aromatic carbocycles. The first kappa shape index (κ1) is 22.1. The second kappa shape index (κ2) is 8.37. The second-order valence-electron chi connectivity index (χ2n) is 10.7. The van der Waals surface area contributed by atoms with Gasteiger partial charge < -0.3 is 10.0 Å². The van der Waals surface area contributed by atoms with Crippen molar-refractivity contribution in [1.82, 2.24) is 0 Å². The molecule has 2 aromatic rings. The van der Waals surface area contributed by atoms with Crippen LogP contribution in [-0.2, 0) is 5.41 Å². The van der Waals surface area contributed by atoms with E-state index in [0.29, 0.717) is 5.56 Å². The monoisotopic (exact) mass is 465 g/mol. The van der Waals surface area contributed by atoms with Gasteiger partial charge in [0.25, 0.3) is 0 Å². The van der Waals surface area contributed by atoms with Crippen molar-refractivity contribution >= 4 is 22.9 Å². The summed E-state index contributed by atoms with van der Waals surface area (Å²) in [5.41, 5.74) is 9.39. The standard InChI is InChI=1S/C31H32N2O2/c1-31(2)27-19-21(32-15-5-6-16-32)11-13-25(27)29(23-9-3-4-10-24(23)30(34)35)26-14-12-22(20-28(26)31)33-17-7-8-18-33/h3-4,9-14,19-20H,5-8,15-18H2,1-2H3/p+1. The van der Waals surface area contributed by atoms with E-state index in [1.165, 1.54) is 48.2 Å². The third-order valence-electron chi connectivity index (χ3n) is 8.26. The molecule has 2 aliphatic heterocycles. The third-order valence-corrected chi connectivity index (χ3v) is 8.26. The van der Waals surface area contributed by atoms with E-state index >= 15 is 0 Å². The topological polar surface area (TPSA) is 43.6 Å². The highest BCUT2D eigenvalue weighted by Gasteiger charge is 2.40. The van der Waals surface area contributed by atoms with Gasteiger partial charge in [0.15, 0.2) is 5.71 Å². The molecule has 2 heterocycles. The van der Waals surface area contributed by atoms with E-state index in [1.54, 1.807) is 6.07 Å². The molecule has 2 fully saturated rings. The van der Waals surface area contributed by atoms with Crippen molar-refractivity contribution in [2.45, 2.75) is 44.9 Å². The van der Waals surface area contributed by atoms with Crippen LogP contribution in [0.1, 0.15) is 66.6 Å². The Morgan fingerprint density at radius 2 is 1.69 bits per heavy atom. The van der Waals surface area contributed by atoms with Crippen molar-refractivity contribution in [2.75, 3.05) is 31.1 Å². The molecule has 2 saturated heterocycles. The summed E-state index contributed by atoms with van der Waals surface area (Å²) in [4.78, 5) is 14.7. The van der Waals surface area contributed by atoms with Crippen LogP contribution >= 0.6 is 0 Å². The number of carboxylic acid groups (broad SMARTS) is 1. The van der Waals surface area contributed by atoms with Crippen LogP contribution in [0.5, 0.6) is 0 Å². The van der Waals surface area contributed by atoms with Crippen LogP contribution in [0, 0.1) is 0 Å². The predicted octanol–water partition coefficient (Wildman–Crippen LogP) is 5.82. The van der Waals surface area contributed by atoms with Crippen molar-refractivity contribution in [3.63, 3.8) is 0 Å². The Morgan fingerprint density at radius 3 is 2.43 bits per heavy atom. The van der Waals surface area contributed by atoms with Gasteiger partial charge in [-0.15, -0.1) is 0 Å². The Hall–Kier alpha value is -3.40. The molecule has 0 amide bonds. The fraction of sp³-hybridized carbons (Fsp3) is 0.355. The lowest BCUT2D eigenvalue weighted by atomic mass is 9.64. The summed E-state index contributed by atoms with van der Waals surface area (Å²) >= 11 is 0. The van der Waals surface area contributed by atoms with Crippen LogP contribution in [0.4, 0.5) is 5.69 Å². The van der Waals surface area contributed by atoms with E-state index in [0.717, 1.165) is 48.5 Å². The first-order valence-electron chi connectivity index (χ1n) is 12.9. The quantitative estimate of drug-likeness (QED) is 0.581.